The zero-order valence-electron chi connectivity index (χ0n) is 14.7. The summed E-state index contributed by atoms with van der Waals surface area (Å²) in [7, 11) is -3.26. The van der Waals surface area contributed by atoms with Crippen LogP contribution in [0.1, 0.15) is 44.9 Å². The van der Waals surface area contributed by atoms with Crippen molar-refractivity contribution in [2.45, 2.75) is 56.2 Å². The maximum Gasteiger partial charge on any atom is 0.235 e. The highest BCUT2D eigenvalue weighted by molar-refractivity contribution is 7.93. The van der Waals surface area contributed by atoms with Crippen molar-refractivity contribution in [2.24, 2.45) is 0 Å². The SMILES string of the molecule is O=S(=O)(Nc1cccc(-c2ccnc(NC3CCCCC3)n2)c1)C1CC1. The van der Waals surface area contributed by atoms with E-state index in [9.17, 15) is 8.42 Å². The second-order valence-electron chi connectivity index (χ2n) is 7.17. The van der Waals surface area contributed by atoms with Gasteiger partial charge in [-0.15, -0.1) is 0 Å². The highest BCUT2D eigenvalue weighted by atomic mass is 32.2. The van der Waals surface area contributed by atoms with Crippen molar-refractivity contribution in [3.63, 3.8) is 0 Å². The van der Waals surface area contributed by atoms with Crippen LogP contribution in [-0.2, 0) is 10.0 Å². The Morgan fingerprint density at radius 3 is 2.58 bits per heavy atom. The molecule has 4 rings (SSSR count). The fourth-order valence-electron chi connectivity index (χ4n) is 3.39. The van der Waals surface area contributed by atoms with Crippen molar-refractivity contribution in [1.82, 2.24) is 9.97 Å². The average Bonchev–Trinajstić information content (AvgIpc) is 3.49. The Hall–Kier alpha value is -2.15. The predicted molar refractivity (Wildman–Crippen MR) is 104 cm³/mol. The summed E-state index contributed by atoms with van der Waals surface area (Å²) in [6, 6.07) is 9.66. The number of aromatic nitrogens is 2. The van der Waals surface area contributed by atoms with E-state index in [1.54, 1.807) is 12.3 Å². The third-order valence-corrected chi connectivity index (χ3v) is 6.84. The van der Waals surface area contributed by atoms with E-state index in [2.05, 4.69) is 20.0 Å². The maximum absolute atomic E-state index is 12.1. The summed E-state index contributed by atoms with van der Waals surface area (Å²) in [6.45, 7) is 0. The normalized spacial score (nSPS) is 18.5. The van der Waals surface area contributed by atoms with E-state index in [-0.39, 0.29) is 5.25 Å². The van der Waals surface area contributed by atoms with Gasteiger partial charge in [0, 0.05) is 23.5 Å². The first-order chi connectivity index (χ1) is 12.6. The summed E-state index contributed by atoms with van der Waals surface area (Å²) in [4.78, 5) is 8.96. The van der Waals surface area contributed by atoms with Crippen LogP contribution in [0.15, 0.2) is 36.5 Å². The van der Waals surface area contributed by atoms with Crippen LogP contribution in [-0.4, -0.2) is 29.7 Å². The lowest BCUT2D eigenvalue weighted by molar-refractivity contribution is 0.461. The fourth-order valence-corrected chi connectivity index (χ4v) is 4.77. The van der Waals surface area contributed by atoms with Crippen LogP contribution in [0.5, 0.6) is 0 Å². The van der Waals surface area contributed by atoms with E-state index in [1.165, 1.54) is 19.3 Å². The molecule has 0 amide bonds. The number of hydrogen-bond acceptors (Lipinski definition) is 5. The van der Waals surface area contributed by atoms with Gasteiger partial charge in [-0.1, -0.05) is 31.4 Å². The quantitative estimate of drug-likeness (QED) is 0.806. The molecule has 1 aromatic heterocycles. The summed E-state index contributed by atoms with van der Waals surface area (Å²) in [6.07, 6.45) is 9.37. The van der Waals surface area contributed by atoms with Gasteiger partial charge < -0.3 is 5.32 Å². The average molecular weight is 372 g/mol. The molecular weight excluding hydrogens is 348 g/mol. The van der Waals surface area contributed by atoms with E-state index < -0.39 is 10.0 Å². The highest BCUT2D eigenvalue weighted by Gasteiger charge is 2.35. The van der Waals surface area contributed by atoms with Gasteiger partial charge in [0.15, 0.2) is 0 Å². The van der Waals surface area contributed by atoms with Gasteiger partial charge in [0.05, 0.1) is 10.9 Å². The van der Waals surface area contributed by atoms with E-state index in [4.69, 9.17) is 0 Å². The Morgan fingerprint density at radius 1 is 1.00 bits per heavy atom. The lowest BCUT2D eigenvalue weighted by Crippen LogP contribution is -2.23. The molecule has 0 radical (unpaired) electrons. The summed E-state index contributed by atoms with van der Waals surface area (Å²) in [5.41, 5.74) is 2.23. The molecule has 2 fully saturated rings. The zero-order chi connectivity index (χ0) is 18.0. The Bertz CT molecular complexity index is 875. The third-order valence-electron chi connectivity index (χ3n) is 4.98. The van der Waals surface area contributed by atoms with Gasteiger partial charge in [0.1, 0.15) is 0 Å². The van der Waals surface area contributed by atoms with Crippen molar-refractivity contribution in [3.8, 4) is 11.3 Å². The van der Waals surface area contributed by atoms with Gasteiger partial charge >= 0.3 is 0 Å². The number of rotatable bonds is 6. The second kappa shape index (κ2) is 7.23. The van der Waals surface area contributed by atoms with Crippen LogP contribution < -0.4 is 10.0 Å². The van der Waals surface area contributed by atoms with Crippen molar-refractivity contribution in [3.05, 3.63) is 36.5 Å². The number of nitrogens with zero attached hydrogens (tertiary/aromatic N) is 2. The Kier molecular flexibility index (Phi) is 4.80. The monoisotopic (exact) mass is 372 g/mol. The Balaban J connectivity index is 1.51. The van der Waals surface area contributed by atoms with E-state index in [0.29, 0.717) is 17.7 Å². The van der Waals surface area contributed by atoms with Gasteiger partial charge in [-0.05, 0) is 43.9 Å². The topological polar surface area (TPSA) is 84.0 Å². The minimum Gasteiger partial charge on any atom is -0.351 e. The first kappa shape index (κ1) is 17.3. The van der Waals surface area contributed by atoms with Gasteiger partial charge in [-0.2, -0.15) is 0 Å². The summed E-state index contributed by atoms with van der Waals surface area (Å²) < 4.78 is 27.0. The summed E-state index contributed by atoms with van der Waals surface area (Å²) >= 11 is 0. The van der Waals surface area contributed by atoms with Crippen LogP contribution in [0.4, 0.5) is 11.6 Å². The van der Waals surface area contributed by atoms with Crippen LogP contribution in [0, 0.1) is 0 Å². The van der Waals surface area contributed by atoms with Crippen molar-refractivity contribution in [2.75, 3.05) is 10.0 Å². The number of nitrogens with one attached hydrogen (secondary N) is 2. The maximum atomic E-state index is 12.1. The summed E-state index contributed by atoms with van der Waals surface area (Å²) in [5, 5.41) is 3.19. The van der Waals surface area contributed by atoms with Gasteiger partial charge in [-0.3, -0.25) is 4.72 Å². The van der Waals surface area contributed by atoms with E-state index in [1.807, 2.05) is 24.3 Å². The highest BCUT2D eigenvalue weighted by Crippen LogP contribution is 2.30. The van der Waals surface area contributed by atoms with Gasteiger partial charge in [-0.25, -0.2) is 18.4 Å². The van der Waals surface area contributed by atoms with Gasteiger partial charge in [0.25, 0.3) is 0 Å². The fraction of sp³-hybridized carbons (Fsp3) is 0.474. The molecule has 138 valence electrons. The first-order valence-corrected chi connectivity index (χ1v) is 10.9. The molecule has 2 aliphatic rings. The molecule has 0 spiro atoms. The largest absolute Gasteiger partial charge is 0.351 e. The smallest absolute Gasteiger partial charge is 0.235 e. The second-order valence-corrected chi connectivity index (χ2v) is 9.13. The standard InChI is InChI=1S/C19H24N4O2S/c24-26(25,17-9-10-17)23-16-8-4-5-14(13-16)18-11-12-20-19(22-18)21-15-6-2-1-3-7-15/h4-5,8,11-13,15,17,23H,1-3,6-7,9-10H2,(H,20,21,22). The van der Waals surface area contributed by atoms with Crippen molar-refractivity contribution >= 4 is 21.7 Å². The van der Waals surface area contributed by atoms with Crippen LogP contribution >= 0.6 is 0 Å². The molecular formula is C19H24N4O2S. The molecule has 0 bridgehead atoms. The molecule has 2 aromatic rings. The van der Waals surface area contributed by atoms with Gasteiger partial charge in [0.2, 0.25) is 16.0 Å². The van der Waals surface area contributed by atoms with E-state index >= 15 is 0 Å². The van der Waals surface area contributed by atoms with Crippen LogP contribution in [0.3, 0.4) is 0 Å². The van der Waals surface area contributed by atoms with Crippen LogP contribution in [0.25, 0.3) is 11.3 Å². The van der Waals surface area contributed by atoms with Crippen molar-refractivity contribution < 1.29 is 8.42 Å². The minimum atomic E-state index is -3.26. The molecule has 2 N–H and O–H groups in total. The number of benzene rings is 1. The molecule has 2 aliphatic carbocycles. The number of sulfonamides is 1. The minimum absolute atomic E-state index is 0.239. The number of hydrogen-bond donors (Lipinski definition) is 2. The molecule has 0 saturated heterocycles. The molecule has 2 saturated carbocycles. The first-order valence-electron chi connectivity index (χ1n) is 9.32. The molecule has 7 heteroatoms. The van der Waals surface area contributed by atoms with Crippen molar-refractivity contribution in [1.29, 1.82) is 0 Å². The van der Waals surface area contributed by atoms with E-state index in [0.717, 1.165) is 36.9 Å². The predicted octanol–water partition coefficient (Wildman–Crippen LogP) is 3.79. The summed E-state index contributed by atoms with van der Waals surface area (Å²) in [5.74, 6) is 0.637. The molecule has 0 aliphatic heterocycles. The Labute approximate surface area is 154 Å². The molecule has 6 nitrogen and oxygen atoms in total. The Morgan fingerprint density at radius 2 is 1.81 bits per heavy atom. The third kappa shape index (κ3) is 4.15. The molecule has 26 heavy (non-hydrogen) atoms. The molecule has 1 heterocycles. The zero-order valence-corrected chi connectivity index (χ0v) is 15.5. The molecule has 0 atom stereocenters. The molecule has 0 unspecified atom stereocenters. The molecule has 1 aromatic carbocycles. The lowest BCUT2D eigenvalue weighted by atomic mass is 9.96. The van der Waals surface area contributed by atoms with Crippen LogP contribution in [0.2, 0.25) is 0 Å². The lowest BCUT2D eigenvalue weighted by Gasteiger charge is -2.22. The number of anilines is 2.